The van der Waals surface area contributed by atoms with Crippen molar-refractivity contribution in [1.29, 1.82) is 0 Å². The molecule has 0 saturated heterocycles. The second-order valence-corrected chi connectivity index (χ2v) is 4.06. The molecule has 5 heteroatoms. The molecule has 1 aromatic rings. The number of hydrogen-bond acceptors (Lipinski definition) is 4. The van der Waals surface area contributed by atoms with E-state index in [2.05, 4.69) is 16.3 Å². The van der Waals surface area contributed by atoms with Gasteiger partial charge in [-0.25, -0.2) is 9.67 Å². The molecule has 0 bridgehead atoms. The zero-order valence-electron chi connectivity index (χ0n) is 6.65. The third-order valence-electron chi connectivity index (χ3n) is 1.19. The van der Waals surface area contributed by atoms with Crippen molar-refractivity contribution in [1.82, 2.24) is 14.8 Å². The molecule has 0 aliphatic rings. The summed E-state index contributed by atoms with van der Waals surface area (Å²) in [5.41, 5.74) is 0. The zero-order valence-corrected chi connectivity index (χ0v) is 8.28. The van der Waals surface area contributed by atoms with Crippen LogP contribution in [0.4, 0.5) is 0 Å². The van der Waals surface area contributed by atoms with Crippen LogP contribution in [0.3, 0.4) is 0 Å². The molecular formula is C6H11N3S2. The minimum absolute atomic E-state index is 0.999. The Balaban J connectivity index is 2.32. The van der Waals surface area contributed by atoms with E-state index in [1.54, 1.807) is 22.8 Å². The highest BCUT2D eigenvalue weighted by Gasteiger charge is 1.98. The number of aromatic nitrogens is 3. The first-order valence-electron chi connectivity index (χ1n) is 3.30. The normalized spacial score (nSPS) is 10.4. The largest absolute Gasteiger partial charge is 0.244 e. The lowest BCUT2D eigenvalue weighted by molar-refractivity contribution is 0.685. The fourth-order valence-corrected chi connectivity index (χ4v) is 2.17. The molecule has 11 heavy (non-hydrogen) atoms. The van der Waals surface area contributed by atoms with Gasteiger partial charge in [-0.15, -0.1) is 0 Å². The fourth-order valence-electron chi connectivity index (χ4n) is 0.633. The molecule has 0 aliphatic carbocycles. The highest BCUT2D eigenvalue weighted by molar-refractivity contribution is 8.02. The van der Waals surface area contributed by atoms with Crippen molar-refractivity contribution >= 4 is 23.5 Å². The Morgan fingerprint density at radius 1 is 1.55 bits per heavy atom. The molecule has 0 atom stereocenters. The maximum atomic E-state index is 4.09. The average molecular weight is 189 g/mol. The predicted molar refractivity (Wildman–Crippen MR) is 50.1 cm³/mol. The third-order valence-corrected chi connectivity index (χ3v) is 3.10. The summed E-state index contributed by atoms with van der Waals surface area (Å²) in [6.45, 7) is 0. The second-order valence-electron chi connectivity index (χ2n) is 2.01. The fraction of sp³-hybridized carbons (Fsp3) is 0.667. The highest BCUT2D eigenvalue weighted by Crippen LogP contribution is 2.13. The van der Waals surface area contributed by atoms with E-state index in [9.17, 15) is 0 Å². The summed E-state index contributed by atoms with van der Waals surface area (Å²) in [7, 11) is 1.91. The lowest BCUT2D eigenvalue weighted by Crippen LogP contribution is -1.94. The second kappa shape index (κ2) is 4.66. The van der Waals surface area contributed by atoms with Gasteiger partial charge in [-0.2, -0.15) is 16.9 Å². The molecule has 0 fully saturated rings. The zero-order chi connectivity index (χ0) is 8.10. The van der Waals surface area contributed by atoms with Gasteiger partial charge >= 0.3 is 0 Å². The Bertz CT molecular complexity index is 211. The summed E-state index contributed by atoms with van der Waals surface area (Å²) < 4.78 is 1.80. The van der Waals surface area contributed by atoms with Crippen LogP contribution in [-0.2, 0) is 7.05 Å². The van der Waals surface area contributed by atoms with Gasteiger partial charge in [0.1, 0.15) is 6.33 Å². The molecule has 62 valence electrons. The van der Waals surface area contributed by atoms with Gasteiger partial charge in [0, 0.05) is 18.6 Å². The van der Waals surface area contributed by atoms with E-state index in [4.69, 9.17) is 0 Å². The van der Waals surface area contributed by atoms with E-state index >= 15 is 0 Å². The Labute approximate surface area is 75.0 Å². The first kappa shape index (κ1) is 8.93. The molecule has 0 radical (unpaired) electrons. The molecule has 3 nitrogen and oxygen atoms in total. The van der Waals surface area contributed by atoms with Gasteiger partial charge in [0.25, 0.3) is 0 Å². The summed E-state index contributed by atoms with van der Waals surface area (Å²) in [5.74, 6) is 2.27. The van der Waals surface area contributed by atoms with Crippen molar-refractivity contribution < 1.29 is 0 Å². The third kappa shape index (κ3) is 2.75. The molecule has 1 heterocycles. The van der Waals surface area contributed by atoms with E-state index in [-0.39, 0.29) is 0 Å². The number of rotatable bonds is 4. The molecule has 0 aromatic carbocycles. The van der Waals surface area contributed by atoms with E-state index in [1.165, 1.54) is 0 Å². The van der Waals surface area contributed by atoms with E-state index < -0.39 is 0 Å². The van der Waals surface area contributed by atoms with E-state index in [0.717, 1.165) is 16.7 Å². The van der Waals surface area contributed by atoms with Gasteiger partial charge in [0.2, 0.25) is 0 Å². The van der Waals surface area contributed by atoms with Gasteiger partial charge in [-0.3, -0.25) is 0 Å². The molecule has 0 amide bonds. The van der Waals surface area contributed by atoms with Crippen LogP contribution in [0.2, 0.25) is 0 Å². The number of nitrogens with zero attached hydrogens (tertiary/aromatic N) is 3. The lowest BCUT2D eigenvalue weighted by Gasteiger charge is -1.97. The molecule has 0 spiro atoms. The van der Waals surface area contributed by atoms with Crippen LogP contribution in [0.25, 0.3) is 0 Å². The van der Waals surface area contributed by atoms with E-state index in [1.807, 2.05) is 18.8 Å². The molecule has 1 rings (SSSR count). The number of hydrogen-bond donors (Lipinski definition) is 0. The first-order valence-corrected chi connectivity index (χ1v) is 5.68. The topological polar surface area (TPSA) is 30.7 Å². The molecule has 1 aromatic heterocycles. The Morgan fingerprint density at radius 2 is 2.36 bits per heavy atom. The summed E-state index contributed by atoms with van der Waals surface area (Å²) in [6, 6.07) is 0. The van der Waals surface area contributed by atoms with Crippen LogP contribution in [0.5, 0.6) is 0 Å². The highest BCUT2D eigenvalue weighted by atomic mass is 32.2. The standard InChI is InChI=1S/C6H11N3S2/c1-9-6(7-5-8-9)11-4-3-10-2/h5H,3-4H2,1-2H3. The first-order chi connectivity index (χ1) is 5.34. The molecule has 0 unspecified atom stereocenters. The smallest absolute Gasteiger partial charge is 0.185 e. The molecule has 0 saturated carbocycles. The van der Waals surface area contributed by atoms with Crippen LogP contribution in [0.1, 0.15) is 0 Å². The van der Waals surface area contributed by atoms with Crippen molar-refractivity contribution in [3.63, 3.8) is 0 Å². The van der Waals surface area contributed by atoms with Gasteiger partial charge < -0.3 is 0 Å². The van der Waals surface area contributed by atoms with Crippen LogP contribution in [-0.4, -0.2) is 32.5 Å². The molecule has 0 aliphatic heterocycles. The van der Waals surface area contributed by atoms with Crippen LogP contribution < -0.4 is 0 Å². The van der Waals surface area contributed by atoms with Crippen molar-refractivity contribution in [2.24, 2.45) is 7.05 Å². The van der Waals surface area contributed by atoms with Crippen LogP contribution in [0, 0.1) is 0 Å². The Hall–Kier alpha value is -0.160. The quantitative estimate of drug-likeness (QED) is 0.527. The summed E-state index contributed by atoms with van der Waals surface area (Å²) in [5, 5.41) is 4.97. The van der Waals surface area contributed by atoms with Crippen molar-refractivity contribution in [3.05, 3.63) is 6.33 Å². The summed E-state index contributed by atoms with van der Waals surface area (Å²) in [4.78, 5) is 4.09. The van der Waals surface area contributed by atoms with Gasteiger partial charge in [0.15, 0.2) is 5.16 Å². The van der Waals surface area contributed by atoms with Gasteiger partial charge in [-0.1, -0.05) is 11.8 Å². The maximum Gasteiger partial charge on any atom is 0.185 e. The minimum atomic E-state index is 0.999. The maximum absolute atomic E-state index is 4.09. The minimum Gasteiger partial charge on any atom is -0.244 e. The van der Waals surface area contributed by atoms with E-state index in [0.29, 0.717) is 0 Å². The number of aryl methyl sites for hydroxylation is 1. The van der Waals surface area contributed by atoms with Crippen LogP contribution in [0.15, 0.2) is 11.5 Å². The lowest BCUT2D eigenvalue weighted by atomic mass is 11.0. The predicted octanol–water partition coefficient (Wildman–Crippen LogP) is 1.27. The number of thioether (sulfide) groups is 2. The summed E-state index contributed by atoms with van der Waals surface area (Å²) >= 11 is 3.60. The Morgan fingerprint density at radius 3 is 2.91 bits per heavy atom. The van der Waals surface area contributed by atoms with Crippen molar-refractivity contribution in [2.45, 2.75) is 5.16 Å². The van der Waals surface area contributed by atoms with Crippen LogP contribution >= 0.6 is 23.5 Å². The molecular weight excluding hydrogens is 178 g/mol. The average Bonchev–Trinajstić information content (AvgIpc) is 2.37. The monoisotopic (exact) mass is 189 g/mol. The van der Waals surface area contributed by atoms with Crippen molar-refractivity contribution in [3.8, 4) is 0 Å². The van der Waals surface area contributed by atoms with Crippen molar-refractivity contribution in [2.75, 3.05) is 17.8 Å². The van der Waals surface area contributed by atoms with Gasteiger partial charge in [-0.05, 0) is 6.26 Å². The Kier molecular flexibility index (Phi) is 3.79. The SMILES string of the molecule is CSCCSc1ncnn1C. The van der Waals surface area contributed by atoms with Gasteiger partial charge in [0.05, 0.1) is 0 Å². The molecule has 0 N–H and O–H groups in total. The summed E-state index contributed by atoms with van der Waals surface area (Å²) in [6.07, 6.45) is 3.69.